The number of hydrogen-bond acceptors (Lipinski definition) is 1. The normalized spacial score (nSPS) is 12.0. The van der Waals surface area contributed by atoms with Crippen LogP contribution >= 0.6 is 0 Å². The Kier molecular flexibility index (Phi) is 3.31. The second-order valence-corrected chi connectivity index (χ2v) is 3.58. The van der Waals surface area contributed by atoms with Gasteiger partial charge in [-0.25, -0.2) is 8.78 Å². The summed E-state index contributed by atoms with van der Waals surface area (Å²) in [5.74, 6) is 0.566. The molecule has 0 aliphatic rings. The molecular weight excluding hydrogens is 196 g/mol. The molecule has 0 saturated carbocycles. The van der Waals surface area contributed by atoms with Gasteiger partial charge in [0.15, 0.2) is 11.6 Å². The van der Waals surface area contributed by atoms with Crippen LogP contribution in [-0.4, -0.2) is 14.1 Å². The fourth-order valence-electron chi connectivity index (χ4n) is 1.45. The van der Waals surface area contributed by atoms with Crippen molar-refractivity contribution in [3.63, 3.8) is 0 Å². The molecule has 0 heterocycles. The molecule has 1 aromatic carbocycles. The van der Waals surface area contributed by atoms with Gasteiger partial charge in [-0.3, -0.25) is 0 Å². The van der Waals surface area contributed by atoms with Gasteiger partial charge in [-0.1, -0.05) is 12.0 Å². The van der Waals surface area contributed by atoms with Gasteiger partial charge in [0.1, 0.15) is 0 Å². The molecule has 1 nitrogen and oxygen atoms in total. The molecule has 0 aliphatic carbocycles. The quantitative estimate of drug-likeness (QED) is 0.677. The van der Waals surface area contributed by atoms with Crippen LogP contribution in [0, 0.1) is 24.0 Å². The van der Waals surface area contributed by atoms with E-state index in [4.69, 9.17) is 6.42 Å². The lowest BCUT2D eigenvalue weighted by Crippen LogP contribution is -2.15. The zero-order chi connectivity index (χ0) is 11.6. The molecular formula is C12H13F2N. The molecule has 0 radical (unpaired) electrons. The minimum absolute atomic E-state index is 0.223. The van der Waals surface area contributed by atoms with Crippen LogP contribution in [-0.2, 0) is 0 Å². The van der Waals surface area contributed by atoms with Gasteiger partial charge in [0.2, 0.25) is 0 Å². The summed E-state index contributed by atoms with van der Waals surface area (Å²) in [5, 5.41) is 0. The first-order valence-electron chi connectivity index (χ1n) is 4.60. The Bertz CT molecular complexity index is 405. The molecule has 15 heavy (non-hydrogen) atoms. The molecule has 80 valence electrons. The third-order valence-corrected chi connectivity index (χ3v) is 2.26. The van der Waals surface area contributed by atoms with Gasteiger partial charge in [0, 0.05) is 20.0 Å². The molecule has 1 aromatic rings. The number of hydrogen-bond donors (Lipinski definition) is 0. The van der Waals surface area contributed by atoms with Gasteiger partial charge in [0.25, 0.3) is 0 Å². The van der Waals surface area contributed by atoms with Crippen molar-refractivity contribution in [1.82, 2.24) is 0 Å². The minimum Gasteiger partial charge on any atom is -0.375 e. The van der Waals surface area contributed by atoms with Crippen LogP contribution in [0.2, 0.25) is 0 Å². The Balaban J connectivity index is 3.41. The number of halogens is 2. The standard InChI is InChI=1S/C12H13F2N/c1-5-8(2)9-6-7-10(13)11(14)12(9)15(3)4/h1,6-8H,2-4H3. The predicted octanol–water partition coefficient (Wildman–Crippen LogP) is 2.77. The smallest absolute Gasteiger partial charge is 0.182 e. The molecule has 0 aromatic heterocycles. The first-order chi connectivity index (χ1) is 6.99. The van der Waals surface area contributed by atoms with Gasteiger partial charge in [-0.05, 0) is 18.6 Å². The second-order valence-electron chi connectivity index (χ2n) is 3.58. The Morgan fingerprint density at radius 3 is 2.40 bits per heavy atom. The summed E-state index contributed by atoms with van der Waals surface area (Å²) in [5.41, 5.74) is 0.849. The molecule has 3 heteroatoms. The Hall–Kier alpha value is -1.56. The molecule has 1 unspecified atom stereocenters. The first-order valence-corrected chi connectivity index (χ1v) is 4.60. The number of anilines is 1. The van der Waals surface area contributed by atoms with E-state index < -0.39 is 11.6 Å². The summed E-state index contributed by atoms with van der Waals surface area (Å²) >= 11 is 0. The topological polar surface area (TPSA) is 3.24 Å². The van der Waals surface area contributed by atoms with E-state index in [1.54, 1.807) is 21.0 Å². The van der Waals surface area contributed by atoms with Crippen molar-refractivity contribution < 1.29 is 8.78 Å². The maximum Gasteiger partial charge on any atom is 0.182 e. The van der Waals surface area contributed by atoms with Crippen molar-refractivity contribution in [2.24, 2.45) is 0 Å². The van der Waals surface area contributed by atoms with E-state index in [-0.39, 0.29) is 11.6 Å². The lowest BCUT2D eigenvalue weighted by atomic mass is 9.99. The molecule has 0 spiro atoms. The predicted molar refractivity (Wildman–Crippen MR) is 57.9 cm³/mol. The van der Waals surface area contributed by atoms with Crippen LogP contribution in [0.15, 0.2) is 12.1 Å². The fourth-order valence-corrected chi connectivity index (χ4v) is 1.45. The number of benzene rings is 1. The Morgan fingerprint density at radius 1 is 1.33 bits per heavy atom. The van der Waals surface area contributed by atoms with Gasteiger partial charge in [-0.2, -0.15) is 0 Å². The van der Waals surface area contributed by atoms with Crippen LogP contribution in [0.25, 0.3) is 0 Å². The summed E-state index contributed by atoms with van der Waals surface area (Å²) in [6.45, 7) is 1.78. The van der Waals surface area contributed by atoms with Crippen molar-refractivity contribution in [3.05, 3.63) is 29.3 Å². The van der Waals surface area contributed by atoms with Crippen LogP contribution in [0.1, 0.15) is 18.4 Å². The molecule has 0 aliphatic heterocycles. The fraction of sp³-hybridized carbons (Fsp3) is 0.333. The highest BCUT2D eigenvalue weighted by molar-refractivity contribution is 5.57. The lowest BCUT2D eigenvalue weighted by Gasteiger charge is -2.20. The summed E-state index contributed by atoms with van der Waals surface area (Å²) in [6.07, 6.45) is 5.28. The van der Waals surface area contributed by atoms with Crippen molar-refractivity contribution in [3.8, 4) is 12.3 Å². The largest absolute Gasteiger partial charge is 0.375 e. The number of nitrogens with zero attached hydrogens (tertiary/aromatic N) is 1. The van der Waals surface area contributed by atoms with E-state index in [9.17, 15) is 8.78 Å². The highest BCUT2D eigenvalue weighted by atomic mass is 19.2. The summed E-state index contributed by atoms with van der Waals surface area (Å²) in [6, 6.07) is 2.63. The third-order valence-electron chi connectivity index (χ3n) is 2.26. The van der Waals surface area contributed by atoms with Crippen molar-refractivity contribution >= 4 is 5.69 Å². The second kappa shape index (κ2) is 4.31. The van der Waals surface area contributed by atoms with Crippen LogP contribution in [0.5, 0.6) is 0 Å². The molecule has 1 atom stereocenters. The number of rotatable bonds is 2. The van der Waals surface area contributed by atoms with E-state index in [1.165, 1.54) is 11.0 Å². The molecule has 0 N–H and O–H groups in total. The molecule has 0 amide bonds. The van der Waals surface area contributed by atoms with E-state index >= 15 is 0 Å². The minimum atomic E-state index is -0.855. The maximum atomic E-state index is 13.5. The van der Waals surface area contributed by atoms with Crippen LogP contribution in [0.4, 0.5) is 14.5 Å². The lowest BCUT2D eigenvalue weighted by molar-refractivity contribution is 0.507. The SMILES string of the molecule is C#CC(C)c1ccc(F)c(F)c1N(C)C. The highest BCUT2D eigenvalue weighted by Crippen LogP contribution is 2.30. The van der Waals surface area contributed by atoms with Gasteiger partial charge >= 0.3 is 0 Å². The summed E-state index contributed by atoms with van der Waals surface area (Å²) < 4.78 is 26.6. The highest BCUT2D eigenvalue weighted by Gasteiger charge is 2.17. The zero-order valence-corrected chi connectivity index (χ0v) is 9.01. The summed E-state index contributed by atoms with van der Waals surface area (Å²) in [4.78, 5) is 1.53. The first kappa shape index (κ1) is 11.5. The summed E-state index contributed by atoms with van der Waals surface area (Å²) in [7, 11) is 3.31. The Morgan fingerprint density at radius 2 is 1.93 bits per heavy atom. The van der Waals surface area contributed by atoms with E-state index in [0.29, 0.717) is 5.56 Å². The maximum absolute atomic E-state index is 13.5. The Labute approximate surface area is 88.7 Å². The van der Waals surface area contributed by atoms with Crippen LogP contribution < -0.4 is 4.90 Å². The average Bonchev–Trinajstić information content (AvgIpc) is 2.20. The molecule has 0 saturated heterocycles. The van der Waals surface area contributed by atoms with E-state index in [2.05, 4.69) is 5.92 Å². The number of terminal acetylenes is 1. The van der Waals surface area contributed by atoms with Crippen molar-refractivity contribution in [1.29, 1.82) is 0 Å². The van der Waals surface area contributed by atoms with Gasteiger partial charge < -0.3 is 4.90 Å². The van der Waals surface area contributed by atoms with Crippen molar-refractivity contribution in [2.75, 3.05) is 19.0 Å². The van der Waals surface area contributed by atoms with Gasteiger partial charge in [0.05, 0.1) is 5.69 Å². The van der Waals surface area contributed by atoms with E-state index in [0.717, 1.165) is 6.07 Å². The van der Waals surface area contributed by atoms with Gasteiger partial charge in [-0.15, -0.1) is 6.42 Å². The molecule has 0 fully saturated rings. The van der Waals surface area contributed by atoms with Crippen molar-refractivity contribution in [2.45, 2.75) is 12.8 Å². The molecule has 1 rings (SSSR count). The van der Waals surface area contributed by atoms with Crippen LogP contribution in [0.3, 0.4) is 0 Å². The zero-order valence-electron chi connectivity index (χ0n) is 9.01. The molecule has 0 bridgehead atoms. The third kappa shape index (κ3) is 2.10. The van der Waals surface area contributed by atoms with E-state index in [1.807, 2.05) is 0 Å². The average molecular weight is 209 g/mol. The monoisotopic (exact) mass is 209 g/mol.